The molecule has 1 atom stereocenters. The van der Waals surface area contributed by atoms with Gasteiger partial charge in [-0.3, -0.25) is 9.59 Å². The van der Waals surface area contributed by atoms with Crippen LogP contribution in [-0.2, 0) is 14.3 Å². The van der Waals surface area contributed by atoms with Crippen molar-refractivity contribution >= 4 is 11.9 Å². The quantitative estimate of drug-likeness (QED) is 0.0478. The zero-order chi connectivity index (χ0) is 30.1. The Morgan fingerprint density at radius 1 is 0.512 bits per heavy atom. The first-order valence-corrected chi connectivity index (χ1v) is 18.2. The molecule has 0 bridgehead atoms. The van der Waals surface area contributed by atoms with E-state index in [0.717, 1.165) is 57.8 Å². The summed E-state index contributed by atoms with van der Waals surface area (Å²) >= 11 is 0. The Hall–Kier alpha value is -1.32. The van der Waals surface area contributed by atoms with Crippen LogP contribution in [0.1, 0.15) is 206 Å². The van der Waals surface area contributed by atoms with E-state index in [9.17, 15) is 9.59 Å². The molecule has 0 radical (unpaired) electrons. The lowest BCUT2D eigenvalue weighted by atomic mass is 10.0. The van der Waals surface area contributed by atoms with Crippen molar-refractivity contribution in [1.29, 1.82) is 0 Å². The van der Waals surface area contributed by atoms with Gasteiger partial charge in [0.05, 0.1) is 0 Å². The molecule has 1 N–H and O–H groups in total. The second-order valence-corrected chi connectivity index (χ2v) is 12.4. The Kier molecular flexibility index (Phi) is 32.1. The highest BCUT2D eigenvalue weighted by Crippen LogP contribution is 2.19. The highest BCUT2D eigenvalue weighted by Gasteiger charge is 2.14. The van der Waals surface area contributed by atoms with Crippen LogP contribution >= 0.6 is 0 Å². The van der Waals surface area contributed by atoms with Gasteiger partial charge >= 0.3 is 11.9 Å². The molecule has 0 fully saturated rings. The van der Waals surface area contributed by atoms with Gasteiger partial charge in [0, 0.05) is 12.8 Å². The van der Waals surface area contributed by atoms with Crippen LogP contribution in [-0.4, -0.2) is 23.1 Å². The van der Waals surface area contributed by atoms with Crippen molar-refractivity contribution < 1.29 is 19.4 Å². The molecule has 0 saturated heterocycles. The molecule has 0 aromatic heterocycles. The van der Waals surface area contributed by atoms with Crippen molar-refractivity contribution in [2.24, 2.45) is 0 Å². The van der Waals surface area contributed by atoms with Crippen LogP contribution in [0, 0.1) is 0 Å². The van der Waals surface area contributed by atoms with E-state index in [1.807, 2.05) is 0 Å². The first-order valence-electron chi connectivity index (χ1n) is 18.2. The Labute approximate surface area is 255 Å². The molecule has 0 aromatic carbocycles. The van der Waals surface area contributed by atoms with Crippen molar-refractivity contribution in [3.8, 4) is 0 Å². The second kappa shape index (κ2) is 33.2. The zero-order valence-electron chi connectivity index (χ0n) is 27.6. The first kappa shape index (κ1) is 39.7. The molecule has 242 valence electrons. The molecule has 0 spiro atoms. The second-order valence-electron chi connectivity index (χ2n) is 12.4. The summed E-state index contributed by atoms with van der Waals surface area (Å²) in [5.41, 5.74) is 0. The number of hydrogen-bond acceptors (Lipinski definition) is 3. The van der Waals surface area contributed by atoms with Gasteiger partial charge in [0.15, 0.2) is 0 Å². The summed E-state index contributed by atoms with van der Waals surface area (Å²) in [7, 11) is 0. The van der Waals surface area contributed by atoms with Gasteiger partial charge in [-0.25, -0.2) is 0 Å². The fourth-order valence-corrected chi connectivity index (χ4v) is 5.52. The number of carbonyl (C=O) groups is 2. The Morgan fingerprint density at radius 2 is 0.902 bits per heavy atom. The van der Waals surface area contributed by atoms with E-state index in [0.29, 0.717) is 6.42 Å². The maximum absolute atomic E-state index is 12.6. The summed E-state index contributed by atoms with van der Waals surface area (Å²) in [6, 6.07) is 0. The smallest absolute Gasteiger partial charge is 0.306 e. The number of hydrogen-bond donors (Lipinski definition) is 1. The van der Waals surface area contributed by atoms with Crippen molar-refractivity contribution in [2.45, 2.75) is 213 Å². The monoisotopic (exact) mass is 579 g/mol. The molecule has 4 heteroatoms. The molecule has 1 unspecified atom stereocenters. The first-order chi connectivity index (χ1) is 20.1. The highest BCUT2D eigenvalue weighted by atomic mass is 16.5. The van der Waals surface area contributed by atoms with E-state index in [2.05, 4.69) is 26.0 Å². The average molecular weight is 579 g/mol. The number of aliphatic carboxylic acids is 1. The third-order valence-electron chi connectivity index (χ3n) is 8.24. The van der Waals surface area contributed by atoms with Gasteiger partial charge in [-0.1, -0.05) is 148 Å². The lowest BCUT2D eigenvalue weighted by Crippen LogP contribution is -2.18. The third-order valence-corrected chi connectivity index (χ3v) is 8.24. The number of carbonyl (C=O) groups excluding carboxylic acids is 1. The van der Waals surface area contributed by atoms with E-state index in [-0.39, 0.29) is 18.5 Å². The average Bonchev–Trinajstić information content (AvgIpc) is 2.95. The van der Waals surface area contributed by atoms with Crippen molar-refractivity contribution in [1.82, 2.24) is 0 Å². The van der Waals surface area contributed by atoms with Gasteiger partial charge in [-0.05, 0) is 57.8 Å². The fourth-order valence-electron chi connectivity index (χ4n) is 5.52. The lowest BCUT2D eigenvalue weighted by Gasteiger charge is -2.18. The number of rotatable bonds is 33. The molecular weight excluding hydrogens is 508 g/mol. The van der Waals surface area contributed by atoms with E-state index < -0.39 is 5.97 Å². The maximum Gasteiger partial charge on any atom is 0.306 e. The van der Waals surface area contributed by atoms with Crippen LogP contribution in [0.4, 0.5) is 0 Å². The molecule has 0 heterocycles. The molecule has 0 rings (SSSR count). The molecule has 0 aliphatic rings. The predicted molar refractivity (Wildman–Crippen MR) is 177 cm³/mol. The molecule has 0 aliphatic carbocycles. The largest absolute Gasteiger partial charge is 0.481 e. The van der Waals surface area contributed by atoms with E-state index in [4.69, 9.17) is 9.84 Å². The molecule has 0 saturated carbocycles. The van der Waals surface area contributed by atoms with Crippen LogP contribution in [0.15, 0.2) is 12.2 Å². The predicted octanol–water partition coefficient (Wildman–Crippen LogP) is 12.3. The fraction of sp³-hybridized carbons (Fsp3) is 0.892. The highest BCUT2D eigenvalue weighted by molar-refractivity contribution is 5.69. The summed E-state index contributed by atoms with van der Waals surface area (Å²) < 4.78 is 5.95. The summed E-state index contributed by atoms with van der Waals surface area (Å²) in [6.45, 7) is 4.51. The normalized spacial score (nSPS) is 12.2. The SMILES string of the molecule is CCCC/C=C\CCCCCCCCC(=O)OC(CCCCCCCCCCCCCC)CCCCCCC(=O)O. The molecule has 0 amide bonds. The number of esters is 1. The summed E-state index contributed by atoms with van der Waals surface area (Å²) in [5.74, 6) is -0.726. The molecule has 0 aliphatic heterocycles. The molecule has 0 aromatic rings. The van der Waals surface area contributed by atoms with E-state index in [1.165, 1.54) is 122 Å². The Balaban J connectivity index is 4.01. The Bertz CT molecular complexity index is 585. The summed E-state index contributed by atoms with van der Waals surface area (Å²) in [5, 5.41) is 8.82. The van der Waals surface area contributed by atoms with Crippen LogP contribution in [0.25, 0.3) is 0 Å². The minimum Gasteiger partial charge on any atom is -0.481 e. The topological polar surface area (TPSA) is 63.6 Å². The minimum absolute atomic E-state index is 0.0166. The van der Waals surface area contributed by atoms with Crippen LogP contribution in [0.5, 0.6) is 0 Å². The number of unbranched alkanes of at least 4 members (excludes halogenated alkanes) is 22. The zero-order valence-corrected chi connectivity index (χ0v) is 27.6. The van der Waals surface area contributed by atoms with Gasteiger partial charge in [-0.2, -0.15) is 0 Å². The molecule has 41 heavy (non-hydrogen) atoms. The number of carboxylic acids is 1. The molecule has 4 nitrogen and oxygen atoms in total. The van der Waals surface area contributed by atoms with E-state index in [1.54, 1.807) is 0 Å². The van der Waals surface area contributed by atoms with Gasteiger partial charge in [-0.15, -0.1) is 0 Å². The lowest BCUT2D eigenvalue weighted by molar-refractivity contribution is -0.150. The number of carboxylic acid groups (broad SMARTS) is 1. The van der Waals surface area contributed by atoms with Crippen molar-refractivity contribution in [3.05, 3.63) is 12.2 Å². The van der Waals surface area contributed by atoms with Gasteiger partial charge in [0.1, 0.15) is 6.10 Å². The summed E-state index contributed by atoms with van der Waals surface area (Å²) in [6.07, 6.45) is 39.3. The van der Waals surface area contributed by atoms with E-state index >= 15 is 0 Å². The van der Waals surface area contributed by atoms with Crippen LogP contribution in [0.2, 0.25) is 0 Å². The van der Waals surface area contributed by atoms with Crippen molar-refractivity contribution in [3.63, 3.8) is 0 Å². The summed E-state index contributed by atoms with van der Waals surface area (Å²) in [4.78, 5) is 23.3. The maximum atomic E-state index is 12.6. The Morgan fingerprint density at radius 3 is 1.39 bits per heavy atom. The van der Waals surface area contributed by atoms with Crippen molar-refractivity contribution in [2.75, 3.05) is 0 Å². The number of allylic oxidation sites excluding steroid dienone is 2. The van der Waals surface area contributed by atoms with Gasteiger partial charge in [0.2, 0.25) is 0 Å². The van der Waals surface area contributed by atoms with Gasteiger partial charge < -0.3 is 9.84 Å². The molecular formula is C37H70O4. The van der Waals surface area contributed by atoms with Crippen LogP contribution in [0.3, 0.4) is 0 Å². The number of ether oxygens (including phenoxy) is 1. The minimum atomic E-state index is -0.710. The third kappa shape index (κ3) is 33.1. The van der Waals surface area contributed by atoms with Gasteiger partial charge in [0.25, 0.3) is 0 Å². The van der Waals surface area contributed by atoms with Crippen LogP contribution < -0.4 is 0 Å². The standard InChI is InChI=1S/C37H70O4/c1-3-5-7-9-11-13-15-17-19-21-23-27-31-35(32-28-25-26-29-33-36(38)39)41-37(40)34-30-24-22-20-18-16-14-12-10-8-6-4-2/h10,12,35H,3-9,11,13-34H2,1-2H3,(H,38,39)/b12-10-.